The van der Waals surface area contributed by atoms with Crippen molar-refractivity contribution in [3.63, 3.8) is 0 Å². The Labute approximate surface area is 160 Å². The first-order valence-corrected chi connectivity index (χ1v) is 8.85. The van der Waals surface area contributed by atoms with Gasteiger partial charge >= 0.3 is 0 Å². The fraction of sp³-hybridized carbons (Fsp3) is 0.211. The van der Waals surface area contributed by atoms with Crippen molar-refractivity contribution in [2.24, 2.45) is 0 Å². The molecule has 2 amide bonds. The summed E-state index contributed by atoms with van der Waals surface area (Å²) in [6.07, 6.45) is 2.94. The van der Waals surface area contributed by atoms with Crippen LogP contribution in [0.5, 0.6) is 5.75 Å². The van der Waals surface area contributed by atoms with Crippen molar-refractivity contribution >= 4 is 23.2 Å². The van der Waals surface area contributed by atoms with Gasteiger partial charge in [-0.3, -0.25) is 9.59 Å². The molecule has 2 aromatic carbocycles. The second kappa shape index (κ2) is 7.87. The standard InChI is InChI=1S/C19H18N6O3/c26-18(12-28-17-4-1-3-16(11-17)25-13-20-22-23-25)21-14-6-8-15(9-7-14)24-10-2-5-19(24)27/h1,3-4,6-9,11,13H,2,5,10,12H2,(H,21,26). The van der Waals surface area contributed by atoms with Crippen LogP contribution >= 0.6 is 0 Å². The second-order valence-corrected chi connectivity index (χ2v) is 6.28. The largest absolute Gasteiger partial charge is 0.484 e. The molecule has 0 spiro atoms. The Morgan fingerprint density at radius 1 is 1.14 bits per heavy atom. The van der Waals surface area contributed by atoms with Gasteiger partial charge in [0, 0.05) is 30.4 Å². The Hall–Kier alpha value is -3.75. The van der Waals surface area contributed by atoms with Crippen molar-refractivity contribution in [3.8, 4) is 11.4 Å². The SMILES string of the molecule is O=C(COc1cccc(-n2cnnn2)c1)Nc1ccc(N2CCCC2=O)cc1. The van der Waals surface area contributed by atoms with Crippen LogP contribution in [-0.2, 0) is 9.59 Å². The van der Waals surface area contributed by atoms with Gasteiger partial charge in [-0.05, 0) is 53.2 Å². The van der Waals surface area contributed by atoms with E-state index in [4.69, 9.17) is 4.74 Å². The first-order valence-electron chi connectivity index (χ1n) is 8.85. The molecule has 2 heterocycles. The fourth-order valence-electron chi connectivity index (χ4n) is 2.99. The first-order chi connectivity index (χ1) is 13.7. The van der Waals surface area contributed by atoms with E-state index in [1.807, 2.05) is 18.2 Å². The van der Waals surface area contributed by atoms with Gasteiger partial charge in [0.05, 0.1) is 5.69 Å². The predicted octanol–water partition coefficient (Wildman–Crippen LogP) is 1.81. The zero-order valence-electron chi connectivity index (χ0n) is 15.0. The van der Waals surface area contributed by atoms with Crippen LogP contribution in [0.3, 0.4) is 0 Å². The Morgan fingerprint density at radius 3 is 2.71 bits per heavy atom. The quantitative estimate of drug-likeness (QED) is 0.702. The van der Waals surface area contributed by atoms with Gasteiger partial charge in [-0.15, -0.1) is 5.10 Å². The van der Waals surface area contributed by atoms with Gasteiger partial charge in [0.15, 0.2) is 6.61 Å². The van der Waals surface area contributed by atoms with E-state index in [1.54, 1.807) is 35.2 Å². The molecule has 28 heavy (non-hydrogen) atoms. The Balaban J connectivity index is 1.32. The summed E-state index contributed by atoms with van der Waals surface area (Å²) in [4.78, 5) is 25.7. The highest BCUT2D eigenvalue weighted by molar-refractivity contribution is 5.96. The van der Waals surface area contributed by atoms with Crippen LogP contribution < -0.4 is 15.0 Å². The lowest BCUT2D eigenvalue weighted by atomic mass is 10.2. The molecule has 3 aromatic rings. The third-order valence-corrected chi connectivity index (χ3v) is 4.34. The molecule has 0 radical (unpaired) electrons. The highest BCUT2D eigenvalue weighted by Crippen LogP contribution is 2.23. The topological polar surface area (TPSA) is 102 Å². The molecule has 1 aliphatic heterocycles. The summed E-state index contributed by atoms with van der Waals surface area (Å²) in [5.41, 5.74) is 2.22. The number of nitrogens with one attached hydrogen (secondary N) is 1. The van der Waals surface area contributed by atoms with Gasteiger partial charge in [0.2, 0.25) is 5.91 Å². The third kappa shape index (κ3) is 3.98. The van der Waals surface area contributed by atoms with Gasteiger partial charge in [-0.25, -0.2) is 4.68 Å². The first kappa shape index (κ1) is 17.7. The van der Waals surface area contributed by atoms with Crippen LogP contribution in [-0.4, -0.2) is 45.2 Å². The molecular formula is C19H18N6O3. The molecule has 0 aliphatic carbocycles. The molecule has 1 aromatic heterocycles. The van der Waals surface area contributed by atoms with Gasteiger partial charge < -0.3 is 15.0 Å². The van der Waals surface area contributed by atoms with Crippen molar-refractivity contribution < 1.29 is 14.3 Å². The number of benzene rings is 2. The fourth-order valence-corrected chi connectivity index (χ4v) is 2.99. The van der Waals surface area contributed by atoms with E-state index < -0.39 is 0 Å². The minimum atomic E-state index is -0.280. The molecule has 1 aliphatic rings. The smallest absolute Gasteiger partial charge is 0.262 e. The lowest BCUT2D eigenvalue weighted by Gasteiger charge is -2.16. The van der Waals surface area contributed by atoms with E-state index in [-0.39, 0.29) is 18.4 Å². The summed E-state index contributed by atoms with van der Waals surface area (Å²) in [6, 6.07) is 14.3. The lowest BCUT2D eigenvalue weighted by molar-refractivity contribution is -0.118. The molecule has 0 saturated carbocycles. The number of carbonyl (C=O) groups is 2. The molecular weight excluding hydrogens is 360 g/mol. The molecule has 1 saturated heterocycles. The normalized spacial score (nSPS) is 13.6. The molecule has 9 nitrogen and oxygen atoms in total. The molecule has 1 N–H and O–H groups in total. The Morgan fingerprint density at radius 2 is 2.00 bits per heavy atom. The highest BCUT2D eigenvalue weighted by Gasteiger charge is 2.21. The number of rotatable bonds is 6. The van der Waals surface area contributed by atoms with Crippen molar-refractivity contribution in [1.29, 1.82) is 0 Å². The van der Waals surface area contributed by atoms with Crippen molar-refractivity contribution in [2.45, 2.75) is 12.8 Å². The zero-order valence-corrected chi connectivity index (χ0v) is 15.0. The number of hydrogen-bond donors (Lipinski definition) is 1. The van der Waals surface area contributed by atoms with Gasteiger partial charge in [0.25, 0.3) is 5.91 Å². The molecule has 0 atom stereocenters. The second-order valence-electron chi connectivity index (χ2n) is 6.28. The van der Waals surface area contributed by atoms with Crippen molar-refractivity contribution in [2.75, 3.05) is 23.4 Å². The van der Waals surface area contributed by atoms with Gasteiger partial charge in [-0.1, -0.05) is 6.07 Å². The number of amides is 2. The maximum Gasteiger partial charge on any atom is 0.262 e. The number of nitrogens with zero attached hydrogens (tertiary/aromatic N) is 5. The van der Waals surface area contributed by atoms with E-state index in [1.165, 1.54) is 11.0 Å². The van der Waals surface area contributed by atoms with E-state index in [0.29, 0.717) is 17.9 Å². The molecule has 9 heteroatoms. The minimum Gasteiger partial charge on any atom is -0.484 e. The van der Waals surface area contributed by atoms with E-state index in [9.17, 15) is 9.59 Å². The average molecular weight is 378 g/mol. The number of aromatic nitrogens is 4. The summed E-state index contributed by atoms with van der Waals surface area (Å²) >= 11 is 0. The van der Waals surface area contributed by atoms with Crippen molar-refractivity contribution in [3.05, 3.63) is 54.9 Å². The average Bonchev–Trinajstić information content (AvgIpc) is 3.39. The summed E-state index contributed by atoms with van der Waals surface area (Å²) in [7, 11) is 0. The van der Waals surface area contributed by atoms with Crippen LogP contribution in [0.2, 0.25) is 0 Å². The van der Waals surface area contributed by atoms with Crippen LogP contribution in [0.15, 0.2) is 54.9 Å². The van der Waals surface area contributed by atoms with Crippen LogP contribution in [0.25, 0.3) is 5.69 Å². The maximum atomic E-state index is 12.2. The summed E-state index contributed by atoms with van der Waals surface area (Å²) < 4.78 is 7.05. The van der Waals surface area contributed by atoms with Crippen LogP contribution in [0.4, 0.5) is 11.4 Å². The predicted molar refractivity (Wildman–Crippen MR) is 101 cm³/mol. The monoisotopic (exact) mass is 378 g/mol. The van der Waals surface area contributed by atoms with E-state index in [0.717, 1.165) is 24.3 Å². The van der Waals surface area contributed by atoms with Crippen molar-refractivity contribution in [1.82, 2.24) is 20.2 Å². The molecule has 1 fully saturated rings. The number of ether oxygens (including phenoxy) is 1. The van der Waals surface area contributed by atoms with Gasteiger partial charge in [-0.2, -0.15) is 0 Å². The number of tetrazole rings is 1. The Kier molecular flexibility index (Phi) is 4.96. The van der Waals surface area contributed by atoms with Crippen LogP contribution in [0.1, 0.15) is 12.8 Å². The number of anilines is 2. The molecule has 0 unspecified atom stereocenters. The summed E-state index contributed by atoms with van der Waals surface area (Å²) in [5, 5.41) is 13.8. The summed E-state index contributed by atoms with van der Waals surface area (Å²) in [5.74, 6) is 0.387. The highest BCUT2D eigenvalue weighted by atomic mass is 16.5. The minimum absolute atomic E-state index is 0.133. The van der Waals surface area contributed by atoms with E-state index >= 15 is 0 Å². The summed E-state index contributed by atoms with van der Waals surface area (Å²) in [6.45, 7) is 0.605. The van der Waals surface area contributed by atoms with Crippen LogP contribution in [0, 0.1) is 0 Å². The van der Waals surface area contributed by atoms with Gasteiger partial charge in [0.1, 0.15) is 12.1 Å². The maximum absolute atomic E-state index is 12.2. The Bertz CT molecular complexity index is 972. The molecule has 4 rings (SSSR count). The third-order valence-electron chi connectivity index (χ3n) is 4.34. The molecule has 142 valence electrons. The van der Waals surface area contributed by atoms with E-state index in [2.05, 4.69) is 20.8 Å². The lowest BCUT2D eigenvalue weighted by Crippen LogP contribution is -2.23. The molecule has 0 bridgehead atoms. The number of carbonyl (C=O) groups excluding carboxylic acids is 2. The zero-order chi connectivity index (χ0) is 19.3. The number of hydrogen-bond acceptors (Lipinski definition) is 6.